The first-order valence-electron chi connectivity index (χ1n) is 17.0. The number of hydrogen-bond acceptors (Lipinski definition) is 5. The van der Waals surface area contributed by atoms with Gasteiger partial charge in [0.15, 0.2) is 5.82 Å². The van der Waals surface area contributed by atoms with Gasteiger partial charge in [0.2, 0.25) is 5.91 Å². The van der Waals surface area contributed by atoms with Crippen LogP contribution in [-0.4, -0.2) is 40.2 Å². The van der Waals surface area contributed by atoms with E-state index in [2.05, 4.69) is 32.8 Å². The number of hydrogen-bond donors (Lipinski definition) is 2. The summed E-state index contributed by atoms with van der Waals surface area (Å²) in [6.45, 7) is 6.22. The van der Waals surface area contributed by atoms with Crippen molar-refractivity contribution in [2.75, 3.05) is 25.5 Å². The smallest absolute Gasteiger partial charge is 0.219 e. The molecule has 1 unspecified atom stereocenters. The Hall–Kier alpha value is -2.67. The maximum Gasteiger partial charge on any atom is 0.219 e. The van der Waals surface area contributed by atoms with Gasteiger partial charge in [0.25, 0.3) is 0 Å². The zero-order valence-electron chi connectivity index (χ0n) is 26.5. The average molecular weight is 580 g/mol. The highest BCUT2D eigenvalue weighted by Gasteiger charge is 2.18. The second-order valence-corrected chi connectivity index (χ2v) is 11.9. The number of fused-ring (bicyclic) bond motifs is 3. The molecular weight excluding hydrogens is 522 g/mol. The van der Waals surface area contributed by atoms with Gasteiger partial charge in [0, 0.05) is 25.0 Å². The molecule has 3 rings (SSSR count). The highest BCUT2D eigenvalue weighted by atomic mass is 16.5. The van der Waals surface area contributed by atoms with Crippen LogP contribution in [0.25, 0.3) is 21.9 Å². The van der Waals surface area contributed by atoms with Crippen molar-refractivity contribution >= 4 is 33.7 Å². The number of nitrogens with one attached hydrogen (secondary N) is 1. The molecule has 0 aliphatic rings. The van der Waals surface area contributed by atoms with Gasteiger partial charge in [-0.25, -0.2) is 9.97 Å². The number of nitrogen functional groups attached to an aromatic ring is 1. The fraction of sp³-hybridized carbons (Fsp3) is 0.686. The maximum atomic E-state index is 12.4. The molecule has 234 valence electrons. The molecule has 1 aromatic carbocycles. The molecule has 3 N–H and O–H groups in total. The van der Waals surface area contributed by atoms with Crippen molar-refractivity contribution in [2.45, 2.75) is 135 Å². The van der Waals surface area contributed by atoms with E-state index >= 15 is 0 Å². The fourth-order valence-electron chi connectivity index (χ4n) is 5.91. The Bertz CT molecular complexity index is 1160. The predicted molar refractivity (Wildman–Crippen MR) is 177 cm³/mol. The molecule has 0 aliphatic carbocycles. The summed E-state index contributed by atoms with van der Waals surface area (Å²) in [6.07, 6.45) is 24.3. The number of amides is 1. The van der Waals surface area contributed by atoms with Gasteiger partial charge in [-0.15, -0.1) is 0 Å². The van der Waals surface area contributed by atoms with Gasteiger partial charge in [0.1, 0.15) is 5.52 Å². The Kier molecular flexibility index (Phi) is 16.3. The first-order valence-corrected chi connectivity index (χ1v) is 17.0. The molecule has 1 atom stereocenters. The first kappa shape index (κ1) is 33.8. The number of anilines is 1. The highest BCUT2D eigenvalue weighted by Crippen LogP contribution is 2.30. The Morgan fingerprint density at radius 2 is 1.50 bits per heavy atom. The van der Waals surface area contributed by atoms with Crippen LogP contribution in [-0.2, 0) is 9.53 Å². The standard InChI is InChI=1S/C35H57N5O2/c1-3-5-6-7-8-9-10-11-12-13-14-15-16-17-18-25-32(41)37-26-21-22-29(27-42-4-2)40-28-38-33-34(40)30-23-19-20-24-31(30)39-35(33)36/h19-20,23-24,28-29H,3-18,21-22,25-27H2,1-2H3,(H2,36,39)(H,37,41). The number of ether oxygens (including phenoxy) is 1. The molecule has 0 fully saturated rings. The van der Waals surface area contributed by atoms with E-state index in [1.807, 2.05) is 31.5 Å². The second-order valence-electron chi connectivity index (χ2n) is 11.9. The Balaban J connectivity index is 1.28. The van der Waals surface area contributed by atoms with E-state index in [-0.39, 0.29) is 11.9 Å². The number of rotatable bonds is 24. The topological polar surface area (TPSA) is 95.1 Å². The molecule has 2 heterocycles. The third-order valence-corrected chi connectivity index (χ3v) is 8.39. The fourth-order valence-corrected chi connectivity index (χ4v) is 5.91. The Morgan fingerprint density at radius 3 is 2.14 bits per heavy atom. The van der Waals surface area contributed by atoms with Crippen molar-refractivity contribution in [1.82, 2.24) is 19.9 Å². The summed E-state index contributed by atoms with van der Waals surface area (Å²) >= 11 is 0. The molecule has 0 spiro atoms. The number of para-hydroxylation sites is 1. The number of pyridine rings is 1. The quantitative estimate of drug-likeness (QED) is 0.103. The lowest BCUT2D eigenvalue weighted by Crippen LogP contribution is -2.25. The molecule has 0 aliphatic heterocycles. The molecule has 7 nitrogen and oxygen atoms in total. The van der Waals surface area contributed by atoms with Gasteiger partial charge in [-0.2, -0.15) is 0 Å². The average Bonchev–Trinajstić information content (AvgIpc) is 3.45. The molecule has 2 aromatic heterocycles. The van der Waals surface area contributed by atoms with Crippen molar-refractivity contribution in [3.63, 3.8) is 0 Å². The van der Waals surface area contributed by atoms with E-state index in [9.17, 15) is 4.79 Å². The van der Waals surface area contributed by atoms with Crippen LogP contribution >= 0.6 is 0 Å². The molecule has 7 heteroatoms. The number of carbonyl (C=O) groups is 1. The van der Waals surface area contributed by atoms with Crippen molar-refractivity contribution in [3.05, 3.63) is 30.6 Å². The van der Waals surface area contributed by atoms with Gasteiger partial charge in [-0.1, -0.05) is 115 Å². The van der Waals surface area contributed by atoms with E-state index in [1.165, 1.54) is 83.5 Å². The first-order chi connectivity index (χ1) is 20.7. The van der Waals surface area contributed by atoms with Crippen LogP contribution in [0.5, 0.6) is 0 Å². The van der Waals surface area contributed by atoms with Crippen molar-refractivity contribution < 1.29 is 9.53 Å². The number of nitrogens with zero attached hydrogens (tertiary/aromatic N) is 3. The van der Waals surface area contributed by atoms with Crippen LogP contribution < -0.4 is 11.1 Å². The Labute approximate surface area is 254 Å². The predicted octanol–water partition coefficient (Wildman–Crippen LogP) is 8.90. The van der Waals surface area contributed by atoms with Crippen LogP contribution in [0.3, 0.4) is 0 Å². The lowest BCUT2D eigenvalue weighted by atomic mass is 10.0. The number of nitrogens with two attached hydrogens (primary N) is 1. The molecule has 0 saturated carbocycles. The van der Waals surface area contributed by atoms with Crippen LogP contribution in [0.4, 0.5) is 5.82 Å². The summed E-state index contributed by atoms with van der Waals surface area (Å²) in [4.78, 5) is 21.5. The summed E-state index contributed by atoms with van der Waals surface area (Å²) < 4.78 is 8.03. The lowest BCUT2D eigenvalue weighted by Gasteiger charge is -2.20. The minimum atomic E-state index is 0.104. The largest absolute Gasteiger partial charge is 0.382 e. The van der Waals surface area contributed by atoms with Crippen LogP contribution in [0, 0.1) is 0 Å². The van der Waals surface area contributed by atoms with Gasteiger partial charge < -0.3 is 20.4 Å². The van der Waals surface area contributed by atoms with E-state index in [0.29, 0.717) is 32.0 Å². The van der Waals surface area contributed by atoms with Crippen molar-refractivity contribution in [3.8, 4) is 0 Å². The minimum Gasteiger partial charge on any atom is -0.382 e. The highest BCUT2D eigenvalue weighted by molar-refractivity contribution is 6.06. The monoisotopic (exact) mass is 579 g/mol. The summed E-state index contributed by atoms with van der Waals surface area (Å²) in [7, 11) is 0. The van der Waals surface area contributed by atoms with E-state index in [1.54, 1.807) is 0 Å². The zero-order chi connectivity index (χ0) is 29.8. The molecule has 0 saturated heterocycles. The molecule has 0 radical (unpaired) electrons. The number of carbonyl (C=O) groups excluding carboxylic acids is 1. The Morgan fingerprint density at radius 1 is 0.881 bits per heavy atom. The molecule has 42 heavy (non-hydrogen) atoms. The number of aromatic nitrogens is 3. The van der Waals surface area contributed by atoms with E-state index in [4.69, 9.17) is 10.5 Å². The third kappa shape index (κ3) is 11.5. The number of imidazole rings is 1. The van der Waals surface area contributed by atoms with Gasteiger partial charge in [0.05, 0.1) is 30.0 Å². The van der Waals surface area contributed by atoms with Crippen LogP contribution in [0.15, 0.2) is 30.6 Å². The summed E-state index contributed by atoms with van der Waals surface area (Å²) in [5.74, 6) is 0.618. The molecular formula is C35H57N5O2. The zero-order valence-corrected chi connectivity index (χ0v) is 26.5. The van der Waals surface area contributed by atoms with Gasteiger partial charge in [-0.05, 0) is 32.3 Å². The van der Waals surface area contributed by atoms with Crippen molar-refractivity contribution in [1.29, 1.82) is 0 Å². The van der Waals surface area contributed by atoms with Crippen molar-refractivity contribution in [2.24, 2.45) is 0 Å². The van der Waals surface area contributed by atoms with E-state index in [0.717, 1.165) is 47.6 Å². The SMILES string of the molecule is CCCCCCCCCCCCCCCCCC(=O)NCCCC(COCC)n1cnc2c(N)nc3ccccc3c21. The molecule has 0 bridgehead atoms. The van der Waals surface area contributed by atoms with Crippen LogP contribution in [0.1, 0.15) is 135 Å². The van der Waals surface area contributed by atoms with E-state index < -0.39 is 0 Å². The third-order valence-electron chi connectivity index (χ3n) is 8.39. The normalized spacial score (nSPS) is 12.3. The minimum absolute atomic E-state index is 0.104. The molecule has 3 aromatic rings. The molecule has 1 amide bonds. The summed E-state index contributed by atoms with van der Waals surface area (Å²) in [6, 6.07) is 8.14. The number of unbranched alkanes of at least 4 members (excludes halogenated alkanes) is 14. The van der Waals surface area contributed by atoms with Gasteiger partial charge >= 0.3 is 0 Å². The lowest BCUT2D eigenvalue weighted by molar-refractivity contribution is -0.121. The number of benzene rings is 1. The van der Waals surface area contributed by atoms with Gasteiger partial charge in [-0.3, -0.25) is 4.79 Å². The summed E-state index contributed by atoms with van der Waals surface area (Å²) in [5.41, 5.74) is 8.84. The summed E-state index contributed by atoms with van der Waals surface area (Å²) in [5, 5.41) is 4.17. The second kappa shape index (κ2) is 20.3. The van der Waals surface area contributed by atoms with Crippen LogP contribution in [0.2, 0.25) is 0 Å². The maximum absolute atomic E-state index is 12.4.